The van der Waals surface area contributed by atoms with Crippen LogP contribution in [0, 0.1) is 23.1 Å². The van der Waals surface area contributed by atoms with E-state index in [1.807, 2.05) is 6.07 Å². The fourth-order valence-electron chi connectivity index (χ4n) is 2.66. The lowest BCUT2D eigenvalue weighted by Crippen LogP contribution is -2.35. The molecular weight excluding hydrogens is 229 g/mol. The van der Waals surface area contributed by atoms with Crippen LogP contribution in [-0.2, 0) is 0 Å². The molecule has 0 heterocycles. The summed E-state index contributed by atoms with van der Waals surface area (Å²) in [5, 5.41) is 12.3. The second-order valence-corrected chi connectivity index (χ2v) is 4.83. The molecule has 0 aliphatic heterocycles. The van der Waals surface area contributed by atoms with E-state index in [9.17, 15) is 4.39 Å². The number of nitriles is 1. The quantitative estimate of drug-likeness (QED) is 0.859. The van der Waals surface area contributed by atoms with Crippen molar-refractivity contribution in [3.05, 3.63) is 29.6 Å². The molecule has 2 rings (SSSR count). The topological polar surface area (TPSA) is 61.8 Å². The molecular formula is C14H18FN3. The van der Waals surface area contributed by atoms with Crippen LogP contribution in [-0.4, -0.2) is 12.6 Å². The molecule has 0 amide bonds. The van der Waals surface area contributed by atoms with Gasteiger partial charge in [-0.25, -0.2) is 4.39 Å². The van der Waals surface area contributed by atoms with Crippen molar-refractivity contribution < 1.29 is 4.39 Å². The molecule has 1 aliphatic carbocycles. The number of benzene rings is 1. The molecule has 1 atom stereocenters. The van der Waals surface area contributed by atoms with Crippen LogP contribution in [0.5, 0.6) is 0 Å². The van der Waals surface area contributed by atoms with Gasteiger partial charge in [-0.05, 0) is 37.0 Å². The largest absolute Gasteiger partial charge is 0.380 e. The zero-order valence-electron chi connectivity index (χ0n) is 10.3. The van der Waals surface area contributed by atoms with E-state index in [2.05, 4.69) is 5.32 Å². The van der Waals surface area contributed by atoms with E-state index >= 15 is 0 Å². The van der Waals surface area contributed by atoms with E-state index in [1.54, 1.807) is 6.07 Å². The summed E-state index contributed by atoms with van der Waals surface area (Å²) in [4.78, 5) is 0. The Balaban J connectivity index is 2.14. The average molecular weight is 247 g/mol. The normalized spacial score (nSPS) is 17.4. The Kier molecular flexibility index (Phi) is 4.16. The van der Waals surface area contributed by atoms with Gasteiger partial charge < -0.3 is 11.1 Å². The number of rotatable bonds is 4. The van der Waals surface area contributed by atoms with E-state index in [4.69, 9.17) is 11.0 Å². The predicted molar refractivity (Wildman–Crippen MR) is 69.5 cm³/mol. The van der Waals surface area contributed by atoms with Gasteiger partial charge in [-0.3, -0.25) is 0 Å². The van der Waals surface area contributed by atoms with Gasteiger partial charge in [0.05, 0.1) is 11.3 Å². The minimum atomic E-state index is -0.387. The maximum Gasteiger partial charge on any atom is 0.124 e. The number of hydrogen-bond donors (Lipinski definition) is 2. The van der Waals surface area contributed by atoms with Gasteiger partial charge in [0.15, 0.2) is 0 Å². The third kappa shape index (κ3) is 2.80. The standard InChI is InChI=1S/C14H18FN3/c15-12-5-6-13(11(7-12)8-16)18-14(9-17)10-3-1-2-4-10/h5-7,10,14,18H,1-4,9,17H2. The third-order valence-electron chi connectivity index (χ3n) is 3.67. The minimum Gasteiger partial charge on any atom is -0.380 e. The molecule has 0 radical (unpaired) electrons. The first-order chi connectivity index (χ1) is 8.74. The molecule has 1 aromatic carbocycles. The number of nitrogens with zero attached hydrogens (tertiary/aromatic N) is 1. The number of halogens is 1. The van der Waals surface area contributed by atoms with Gasteiger partial charge in [-0.2, -0.15) is 5.26 Å². The molecule has 3 nitrogen and oxygen atoms in total. The van der Waals surface area contributed by atoms with Gasteiger partial charge in [-0.15, -0.1) is 0 Å². The lowest BCUT2D eigenvalue weighted by Gasteiger charge is -2.24. The second kappa shape index (κ2) is 5.83. The van der Waals surface area contributed by atoms with Gasteiger partial charge in [0.1, 0.15) is 11.9 Å². The number of anilines is 1. The Hall–Kier alpha value is -1.60. The van der Waals surface area contributed by atoms with Gasteiger partial charge >= 0.3 is 0 Å². The van der Waals surface area contributed by atoms with Crippen LogP contribution in [0.3, 0.4) is 0 Å². The van der Waals surface area contributed by atoms with Crippen molar-refractivity contribution >= 4 is 5.69 Å². The summed E-state index contributed by atoms with van der Waals surface area (Å²) < 4.78 is 13.1. The fraction of sp³-hybridized carbons (Fsp3) is 0.500. The predicted octanol–water partition coefficient (Wildman–Crippen LogP) is 2.63. The molecule has 0 spiro atoms. The smallest absolute Gasteiger partial charge is 0.124 e. The molecule has 3 N–H and O–H groups in total. The second-order valence-electron chi connectivity index (χ2n) is 4.83. The number of hydrogen-bond acceptors (Lipinski definition) is 3. The Morgan fingerprint density at radius 3 is 2.78 bits per heavy atom. The van der Waals surface area contributed by atoms with Crippen molar-refractivity contribution in [1.82, 2.24) is 0 Å². The monoisotopic (exact) mass is 247 g/mol. The van der Waals surface area contributed by atoms with Gasteiger partial charge in [0.25, 0.3) is 0 Å². The van der Waals surface area contributed by atoms with E-state index in [0.29, 0.717) is 23.7 Å². The molecule has 1 aliphatic rings. The summed E-state index contributed by atoms with van der Waals surface area (Å²) in [5.74, 6) is 0.175. The lowest BCUT2D eigenvalue weighted by molar-refractivity contribution is 0.462. The Morgan fingerprint density at radius 1 is 1.44 bits per heavy atom. The molecule has 1 saturated carbocycles. The van der Waals surface area contributed by atoms with E-state index < -0.39 is 0 Å². The summed E-state index contributed by atoms with van der Waals surface area (Å²) in [5.41, 5.74) is 6.82. The first-order valence-corrected chi connectivity index (χ1v) is 6.41. The molecule has 1 aromatic rings. The third-order valence-corrected chi connectivity index (χ3v) is 3.67. The molecule has 96 valence electrons. The number of nitrogens with two attached hydrogens (primary N) is 1. The van der Waals surface area contributed by atoms with Crippen molar-refractivity contribution in [3.8, 4) is 6.07 Å². The molecule has 0 aromatic heterocycles. The van der Waals surface area contributed by atoms with E-state index in [-0.39, 0.29) is 11.9 Å². The fourth-order valence-corrected chi connectivity index (χ4v) is 2.66. The maximum atomic E-state index is 13.1. The van der Waals surface area contributed by atoms with Gasteiger partial charge in [0, 0.05) is 12.6 Å². The summed E-state index contributed by atoms with van der Waals surface area (Å²) in [6, 6.07) is 6.42. The lowest BCUT2D eigenvalue weighted by atomic mass is 9.97. The van der Waals surface area contributed by atoms with Crippen LogP contribution < -0.4 is 11.1 Å². The van der Waals surface area contributed by atoms with Crippen LogP contribution in [0.25, 0.3) is 0 Å². The molecule has 1 fully saturated rings. The summed E-state index contributed by atoms with van der Waals surface area (Å²) >= 11 is 0. The van der Waals surface area contributed by atoms with Crippen LogP contribution in [0.4, 0.5) is 10.1 Å². The summed E-state index contributed by atoms with van der Waals surface area (Å²) in [6.07, 6.45) is 4.85. The van der Waals surface area contributed by atoms with Crippen LogP contribution in [0.15, 0.2) is 18.2 Å². The Bertz CT molecular complexity index is 447. The highest BCUT2D eigenvalue weighted by molar-refractivity contribution is 5.58. The molecule has 0 bridgehead atoms. The average Bonchev–Trinajstić information content (AvgIpc) is 2.91. The van der Waals surface area contributed by atoms with Crippen LogP contribution in [0.2, 0.25) is 0 Å². The van der Waals surface area contributed by atoms with Crippen LogP contribution in [0.1, 0.15) is 31.2 Å². The van der Waals surface area contributed by atoms with Crippen LogP contribution >= 0.6 is 0 Å². The molecule has 1 unspecified atom stereocenters. The van der Waals surface area contributed by atoms with Gasteiger partial charge in [0.2, 0.25) is 0 Å². The SMILES string of the molecule is N#Cc1cc(F)ccc1NC(CN)C1CCCC1. The molecule has 0 saturated heterocycles. The number of nitrogens with one attached hydrogen (secondary N) is 1. The van der Waals surface area contributed by atoms with Crippen molar-refractivity contribution in [1.29, 1.82) is 5.26 Å². The van der Waals surface area contributed by atoms with Gasteiger partial charge in [-0.1, -0.05) is 12.8 Å². The first kappa shape index (κ1) is 12.8. The minimum absolute atomic E-state index is 0.171. The Labute approximate surface area is 107 Å². The maximum absolute atomic E-state index is 13.1. The van der Waals surface area contributed by atoms with Crippen molar-refractivity contribution in [2.45, 2.75) is 31.7 Å². The summed E-state index contributed by atoms with van der Waals surface area (Å²) in [6.45, 7) is 0.535. The highest BCUT2D eigenvalue weighted by atomic mass is 19.1. The van der Waals surface area contributed by atoms with E-state index in [0.717, 1.165) is 0 Å². The highest BCUT2D eigenvalue weighted by Gasteiger charge is 2.24. The molecule has 4 heteroatoms. The highest BCUT2D eigenvalue weighted by Crippen LogP contribution is 2.29. The van der Waals surface area contributed by atoms with Crippen molar-refractivity contribution in [2.75, 3.05) is 11.9 Å². The van der Waals surface area contributed by atoms with E-state index in [1.165, 1.54) is 37.8 Å². The zero-order valence-corrected chi connectivity index (χ0v) is 10.3. The first-order valence-electron chi connectivity index (χ1n) is 6.41. The van der Waals surface area contributed by atoms with Crippen molar-refractivity contribution in [3.63, 3.8) is 0 Å². The zero-order chi connectivity index (χ0) is 13.0. The summed E-state index contributed by atoms with van der Waals surface area (Å²) in [7, 11) is 0. The van der Waals surface area contributed by atoms with Crippen molar-refractivity contribution in [2.24, 2.45) is 11.7 Å². The Morgan fingerprint density at radius 2 is 2.17 bits per heavy atom. The molecule has 18 heavy (non-hydrogen) atoms.